The summed E-state index contributed by atoms with van der Waals surface area (Å²) in [7, 11) is 0. The Morgan fingerprint density at radius 3 is 2.59 bits per heavy atom. The van der Waals surface area contributed by atoms with E-state index >= 15 is 0 Å². The van der Waals surface area contributed by atoms with E-state index in [1.165, 1.54) is 4.90 Å². The van der Waals surface area contributed by atoms with E-state index in [-0.39, 0.29) is 24.3 Å². The molecule has 6 atom stereocenters. The molecule has 3 saturated heterocycles. The molecule has 1 aromatic carbocycles. The number of hydrogen-bond acceptors (Lipinski definition) is 5. The van der Waals surface area contributed by atoms with Crippen LogP contribution in [0.2, 0.25) is 0 Å². The molecule has 3 amide bonds. The Balaban J connectivity index is 1.67. The molecular formula is C24H33N3O5. The van der Waals surface area contributed by atoms with Crippen molar-refractivity contribution in [3.63, 3.8) is 0 Å². The summed E-state index contributed by atoms with van der Waals surface area (Å²) in [4.78, 5) is 41.7. The van der Waals surface area contributed by atoms with E-state index < -0.39 is 35.1 Å². The molecule has 8 nitrogen and oxygen atoms in total. The number of nitrogens with one attached hydrogen (secondary N) is 2. The first-order valence-corrected chi connectivity index (χ1v) is 11.5. The van der Waals surface area contributed by atoms with Gasteiger partial charge in [-0.25, -0.2) is 0 Å². The lowest BCUT2D eigenvalue weighted by Gasteiger charge is -2.35. The van der Waals surface area contributed by atoms with Gasteiger partial charge in [-0.1, -0.05) is 37.3 Å². The van der Waals surface area contributed by atoms with Gasteiger partial charge in [-0.2, -0.15) is 0 Å². The van der Waals surface area contributed by atoms with Crippen molar-refractivity contribution in [3.05, 3.63) is 35.9 Å². The van der Waals surface area contributed by atoms with E-state index in [9.17, 15) is 19.5 Å². The maximum absolute atomic E-state index is 13.7. The quantitative estimate of drug-likeness (QED) is 0.555. The third-order valence-corrected chi connectivity index (χ3v) is 7.34. The lowest BCUT2D eigenvalue weighted by Crippen LogP contribution is -2.57. The van der Waals surface area contributed by atoms with Crippen molar-refractivity contribution >= 4 is 17.7 Å². The Morgan fingerprint density at radius 1 is 1.22 bits per heavy atom. The maximum Gasteiger partial charge on any atom is 0.246 e. The molecule has 3 N–H and O–H groups in total. The maximum atomic E-state index is 13.7. The van der Waals surface area contributed by atoms with Gasteiger partial charge in [0.1, 0.15) is 11.6 Å². The van der Waals surface area contributed by atoms with E-state index in [1.807, 2.05) is 44.2 Å². The van der Waals surface area contributed by atoms with Gasteiger partial charge in [0.25, 0.3) is 0 Å². The first-order valence-electron chi connectivity index (χ1n) is 11.5. The minimum absolute atomic E-state index is 0.198. The molecule has 0 radical (unpaired) electrons. The Morgan fingerprint density at radius 2 is 1.94 bits per heavy atom. The number of nitrogens with zero attached hydrogens (tertiary/aromatic N) is 1. The van der Waals surface area contributed by atoms with E-state index in [0.717, 1.165) is 12.0 Å². The van der Waals surface area contributed by atoms with Gasteiger partial charge < -0.3 is 25.4 Å². The van der Waals surface area contributed by atoms with E-state index in [0.29, 0.717) is 25.9 Å². The van der Waals surface area contributed by atoms with Gasteiger partial charge in [0.2, 0.25) is 17.7 Å². The van der Waals surface area contributed by atoms with Crippen LogP contribution in [-0.4, -0.2) is 64.2 Å². The molecule has 0 aromatic heterocycles. The van der Waals surface area contributed by atoms with Crippen LogP contribution in [0.1, 0.15) is 45.6 Å². The average molecular weight is 444 g/mol. The molecule has 3 aliphatic rings. The van der Waals surface area contributed by atoms with Crippen LogP contribution in [0.4, 0.5) is 0 Å². The van der Waals surface area contributed by atoms with Crippen LogP contribution in [0.15, 0.2) is 30.3 Å². The van der Waals surface area contributed by atoms with Gasteiger partial charge in [0.05, 0.1) is 30.1 Å². The number of aliphatic hydroxyl groups excluding tert-OH is 1. The van der Waals surface area contributed by atoms with Crippen LogP contribution in [0, 0.1) is 11.8 Å². The van der Waals surface area contributed by atoms with Crippen molar-refractivity contribution in [1.29, 1.82) is 0 Å². The summed E-state index contributed by atoms with van der Waals surface area (Å²) in [5.41, 5.74) is -0.907. The van der Waals surface area contributed by atoms with Crippen molar-refractivity contribution in [2.45, 2.75) is 69.9 Å². The highest BCUT2D eigenvalue weighted by molar-refractivity contribution is 5.99. The van der Waals surface area contributed by atoms with Gasteiger partial charge in [-0.3, -0.25) is 14.4 Å². The molecule has 4 rings (SSSR count). The summed E-state index contributed by atoms with van der Waals surface area (Å²) in [6, 6.07) is 8.09. The van der Waals surface area contributed by atoms with Crippen molar-refractivity contribution in [1.82, 2.24) is 15.5 Å². The molecule has 1 spiro atoms. The van der Waals surface area contributed by atoms with Gasteiger partial charge in [-0.05, 0) is 38.7 Å². The molecule has 3 aliphatic heterocycles. The highest BCUT2D eigenvalue weighted by Crippen LogP contribution is 2.63. The monoisotopic (exact) mass is 443 g/mol. The number of ether oxygens (including phenoxy) is 1. The summed E-state index contributed by atoms with van der Waals surface area (Å²) in [6.45, 7) is 6.14. The van der Waals surface area contributed by atoms with Crippen LogP contribution < -0.4 is 10.6 Å². The molecule has 0 saturated carbocycles. The number of benzene rings is 1. The predicted molar refractivity (Wildman–Crippen MR) is 117 cm³/mol. The predicted octanol–water partition coefficient (Wildman–Crippen LogP) is 0.975. The minimum atomic E-state index is -1.07. The molecule has 2 unspecified atom stereocenters. The summed E-state index contributed by atoms with van der Waals surface area (Å²) < 4.78 is 6.50. The van der Waals surface area contributed by atoms with Gasteiger partial charge in [0, 0.05) is 13.1 Å². The Bertz CT molecular complexity index is 893. The molecule has 1 aromatic rings. The topological polar surface area (TPSA) is 108 Å². The summed E-state index contributed by atoms with van der Waals surface area (Å²) in [6.07, 6.45) is 1.91. The molecule has 0 aliphatic carbocycles. The summed E-state index contributed by atoms with van der Waals surface area (Å²) in [5, 5.41) is 15.7. The van der Waals surface area contributed by atoms with E-state index in [2.05, 4.69) is 10.6 Å². The highest BCUT2D eigenvalue weighted by Gasteiger charge is 2.78. The largest absolute Gasteiger partial charge is 0.394 e. The van der Waals surface area contributed by atoms with E-state index in [1.54, 1.807) is 6.92 Å². The number of fused-ring (bicyclic) bond motifs is 1. The fourth-order valence-electron chi connectivity index (χ4n) is 5.87. The number of carbonyl (C=O) groups is 3. The fraction of sp³-hybridized carbons (Fsp3) is 0.625. The van der Waals surface area contributed by atoms with Crippen molar-refractivity contribution in [2.24, 2.45) is 11.8 Å². The zero-order valence-electron chi connectivity index (χ0n) is 19.0. The van der Waals surface area contributed by atoms with Gasteiger partial charge in [-0.15, -0.1) is 0 Å². The van der Waals surface area contributed by atoms with E-state index in [4.69, 9.17) is 4.74 Å². The molecular weight excluding hydrogens is 410 g/mol. The van der Waals surface area contributed by atoms with Gasteiger partial charge in [0.15, 0.2) is 0 Å². The third kappa shape index (κ3) is 3.40. The SMILES string of the molecule is CCCNC(=O)[C@H]1[C@H]2C(=O)N([C@H](C)CO)C(C(=O)NCc3ccccc3)C23CC[C@]1(C)O3. The third-order valence-electron chi connectivity index (χ3n) is 7.34. The highest BCUT2D eigenvalue weighted by atomic mass is 16.5. The number of amides is 3. The van der Waals surface area contributed by atoms with Crippen LogP contribution in [0.25, 0.3) is 0 Å². The Hall–Kier alpha value is -2.45. The molecule has 32 heavy (non-hydrogen) atoms. The number of rotatable bonds is 8. The fourth-order valence-corrected chi connectivity index (χ4v) is 5.87. The first kappa shape index (κ1) is 22.7. The normalized spacial score (nSPS) is 33.8. The molecule has 2 bridgehead atoms. The lowest BCUT2D eigenvalue weighted by molar-refractivity contribution is -0.149. The minimum Gasteiger partial charge on any atom is -0.394 e. The second kappa shape index (κ2) is 8.48. The van der Waals surface area contributed by atoms with Crippen LogP contribution in [0.5, 0.6) is 0 Å². The number of aliphatic hydroxyl groups is 1. The van der Waals surface area contributed by atoms with Crippen LogP contribution in [-0.2, 0) is 25.7 Å². The lowest BCUT2D eigenvalue weighted by atomic mass is 9.66. The smallest absolute Gasteiger partial charge is 0.246 e. The second-order valence-electron chi connectivity index (χ2n) is 9.50. The van der Waals surface area contributed by atoms with Crippen molar-refractivity contribution in [2.75, 3.05) is 13.2 Å². The number of carbonyl (C=O) groups excluding carboxylic acids is 3. The first-order chi connectivity index (χ1) is 15.3. The number of hydrogen-bond donors (Lipinski definition) is 3. The van der Waals surface area contributed by atoms with Crippen molar-refractivity contribution in [3.8, 4) is 0 Å². The zero-order chi connectivity index (χ0) is 23.1. The Labute approximate surface area is 188 Å². The molecule has 3 fully saturated rings. The molecule has 3 heterocycles. The van der Waals surface area contributed by atoms with Crippen molar-refractivity contribution < 1.29 is 24.2 Å². The number of likely N-dealkylation sites (tertiary alicyclic amines) is 1. The molecule has 174 valence electrons. The Kier molecular flexibility index (Phi) is 6.02. The van der Waals surface area contributed by atoms with Crippen LogP contribution >= 0.6 is 0 Å². The summed E-state index contributed by atoms with van der Waals surface area (Å²) >= 11 is 0. The van der Waals surface area contributed by atoms with Gasteiger partial charge >= 0.3 is 0 Å². The zero-order valence-corrected chi connectivity index (χ0v) is 19.0. The molecule has 8 heteroatoms. The summed E-state index contributed by atoms with van der Waals surface area (Å²) in [5.74, 6) is -2.19. The standard InChI is InChI=1S/C24H33N3O5/c1-4-12-25-20(29)17-18-22(31)27(15(2)14-28)19(24(18)11-10-23(17,3)32-24)21(30)26-13-16-8-6-5-7-9-16/h5-9,15,17-19,28H,4,10-14H2,1-3H3,(H,25,29)(H,26,30)/t15-,17-,18+,19?,23+,24?/m1/s1. The average Bonchev–Trinajstić information content (AvgIpc) is 3.36. The second-order valence-corrected chi connectivity index (χ2v) is 9.50. The van der Waals surface area contributed by atoms with Crippen LogP contribution in [0.3, 0.4) is 0 Å².